The molecule has 0 bridgehead atoms. The van der Waals surface area contributed by atoms with Gasteiger partial charge in [0, 0.05) is 16.1 Å². The number of hydrogen-bond donors (Lipinski definition) is 2. The summed E-state index contributed by atoms with van der Waals surface area (Å²) in [7, 11) is 3.05. The standard InChI is InChI=1S/C20H20N4O4S2/c1-12-23-24-20(30-12)22-18(25)11-29-15-6-4-5-14(10-15)21-19(26)13-7-8-16(27-2)17(9-13)28-3/h4-10H,11H2,1-3H3,(H,21,26)(H,22,24,25). The molecule has 30 heavy (non-hydrogen) atoms. The minimum Gasteiger partial charge on any atom is -0.493 e. The van der Waals surface area contributed by atoms with Gasteiger partial charge in [0.25, 0.3) is 5.91 Å². The number of hydrogen-bond acceptors (Lipinski definition) is 8. The Morgan fingerprint density at radius 3 is 2.53 bits per heavy atom. The highest BCUT2D eigenvalue weighted by Gasteiger charge is 2.12. The van der Waals surface area contributed by atoms with E-state index in [0.717, 1.165) is 9.90 Å². The van der Waals surface area contributed by atoms with E-state index in [1.54, 1.807) is 24.3 Å². The summed E-state index contributed by atoms with van der Waals surface area (Å²) in [6, 6.07) is 12.2. The summed E-state index contributed by atoms with van der Waals surface area (Å²) in [5.41, 5.74) is 1.07. The van der Waals surface area contributed by atoms with Crippen molar-refractivity contribution >= 4 is 45.7 Å². The van der Waals surface area contributed by atoms with Crippen molar-refractivity contribution in [3.63, 3.8) is 0 Å². The number of rotatable bonds is 8. The molecule has 1 heterocycles. The van der Waals surface area contributed by atoms with E-state index in [2.05, 4.69) is 20.8 Å². The largest absolute Gasteiger partial charge is 0.493 e. The quantitative estimate of drug-likeness (QED) is 0.509. The fraction of sp³-hybridized carbons (Fsp3) is 0.200. The Kier molecular flexibility index (Phi) is 7.26. The van der Waals surface area contributed by atoms with Crippen molar-refractivity contribution in [1.29, 1.82) is 0 Å². The molecule has 0 aliphatic heterocycles. The van der Waals surface area contributed by atoms with Crippen LogP contribution in [0.3, 0.4) is 0 Å². The van der Waals surface area contributed by atoms with E-state index in [0.29, 0.717) is 27.9 Å². The van der Waals surface area contributed by atoms with Crippen LogP contribution < -0.4 is 20.1 Å². The van der Waals surface area contributed by atoms with Gasteiger partial charge in [-0.1, -0.05) is 17.4 Å². The van der Waals surface area contributed by atoms with Crippen LogP contribution in [0.4, 0.5) is 10.8 Å². The van der Waals surface area contributed by atoms with Gasteiger partial charge >= 0.3 is 0 Å². The average molecular weight is 445 g/mol. The van der Waals surface area contributed by atoms with Crippen LogP contribution in [-0.2, 0) is 4.79 Å². The highest BCUT2D eigenvalue weighted by Crippen LogP contribution is 2.28. The molecular weight excluding hydrogens is 424 g/mol. The maximum absolute atomic E-state index is 12.6. The predicted molar refractivity (Wildman–Crippen MR) is 118 cm³/mol. The lowest BCUT2D eigenvalue weighted by Gasteiger charge is -2.10. The Morgan fingerprint density at radius 1 is 1.03 bits per heavy atom. The molecule has 0 aliphatic carbocycles. The number of carbonyl (C=O) groups excluding carboxylic acids is 2. The van der Waals surface area contributed by atoms with Gasteiger partial charge in [-0.05, 0) is 43.3 Å². The summed E-state index contributed by atoms with van der Waals surface area (Å²) in [5, 5.41) is 14.6. The molecule has 2 N–H and O–H groups in total. The maximum atomic E-state index is 12.6. The molecule has 0 radical (unpaired) electrons. The number of nitrogens with zero attached hydrogens (tertiary/aromatic N) is 2. The van der Waals surface area contributed by atoms with Crippen molar-refractivity contribution in [2.24, 2.45) is 0 Å². The number of amides is 2. The van der Waals surface area contributed by atoms with E-state index in [1.807, 2.05) is 25.1 Å². The van der Waals surface area contributed by atoms with Crippen LogP contribution in [0.15, 0.2) is 47.4 Å². The highest BCUT2D eigenvalue weighted by molar-refractivity contribution is 8.00. The van der Waals surface area contributed by atoms with Crippen LogP contribution in [0, 0.1) is 6.92 Å². The summed E-state index contributed by atoms with van der Waals surface area (Å²) >= 11 is 2.68. The van der Waals surface area contributed by atoms with E-state index >= 15 is 0 Å². The van der Waals surface area contributed by atoms with Gasteiger partial charge in [0.2, 0.25) is 11.0 Å². The fourth-order valence-electron chi connectivity index (χ4n) is 2.50. The smallest absolute Gasteiger partial charge is 0.255 e. The lowest BCUT2D eigenvalue weighted by atomic mass is 10.2. The summed E-state index contributed by atoms with van der Waals surface area (Å²) in [6.07, 6.45) is 0. The number of methoxy groups -OCH3 is 2. The van der Waals surface area contributed by atoms with E-state index in [1.165, 1.54) is 37.3 Å². The first-order chi connectivity index (χ1) is 14.5. The second-order valence-corrected chi connectivity index (χ2v) is 8.25. The Bertz CT molecular complexity index is 1050. The predicted octanol–water partition coefficient (Wildman–Crippen LogP) is 3.85. The fourth-order valence-corrected chi connectivity index (χ4v) is 3.86. The van der Waals surface area contributed by atoms with Crippen LogP contribution >= 0.6 is 23.1 Å². The number of aryl methyl sites for hydroxylation is 1. The molecule has 3 aromatic rings. The van der Waals surface area contributed by atoms with E-state index < -0.39 is 0 Å². The molecule has 0 spiro atoms. The summed E-state index contributed by atoms with van der Waals surface area (Å²) in [5.74, 6) is 0.796. The minimum absolute atomic E-state index is 0.170. The number of ether oxygens (including phenoxy) is 2. The van der Waals surface area contributed by atoms with Gasteiger partial charge in [0.1, 0.15) is 5.01 Å². The zero-order valence-electron chi connectivity index (χ0n) is 16.6. The molecule has 0 fully saturated rings. The van der Waals surface area contributed by atoms with Gasteiger partial charge in [-0.25, -0.2) is 0 Å². The van der Waals surface area contributed by atoms with Crippen molar-refractivity contribution in [2.75, 3.05) is 30.6 Å². The lowest BCUT2D eigenvalue weighted by Crippen LogP contribution is -2.14. The van der Waals surface area contributed by atoms with Crippen molar-refractivity contribution < 1.29 is 19.1 Å². The molecule has 0 saturated carbocycles. The number of carbonyl (C=O) groups is 2. The van der Waals surface area contributed by atoms with Crippen molar-refractivity contribution in [3.05, 3.63) is 53.0 Å². The monoisotopic (exact) mass is 444 g/mol. The van der Waals surface area contributed by atoms with Gasteiger partial charge in [0.05, 0.1) is 20.0 Å². The molecule has 0 atom stereocenters. The molecule has 8 nitrogen and oxygen atoms in total. The van der Waals surface area contributed by atoms with Gasteiger partial charge < -0.3 is 14.8 Å². The van der Waals surface area contributed by atoms with E-state index in [-0.39, 0.29) is 17.6 Å². The van der Waals surface area contributed by atoms with Gasteiger partial charge in [0.15, 0.2) is 11.5 Å². The minimum atomic E-state index is -0.275. The van der Waals surface area contributed by atoms with Gasteiger partial charge in [-0.3, -0.25) is 14.9 Å². The zero-order valence-corrected chi connectivity index (χ0v) is 18.2. The van der Waals surface area contributed by atoms with Crippen molar-refractivity contribution in [1.82, 2.24) is 10.2 Å². The maximum Gasteiger partial charge on any atom is 0.255 e. The molecule has 1 aromatic heterocycles. The average Bonchev–Trinajstić information content (AvgIpc) is 3.16. The third-order valence-electron chi connectivity index (χ3n) is 3.88. The number of aromatic nitrogens is 2. The SMILES string of the molecule is COc1ccc(C(=O)Nc2cccc(SCC(=O)Nc3nnc(C)s3)c2)cc1OC. The van der Waals surface area contributed by atoms with E-state index in [4.69, 9.17) is 9.47 Å². The highest BCUT2D eigenvalue weighted by atomic mass is 32.2. The first kappa shape index (κ1) is 21.6. The molecule has 10 heteroatoms. The molecule has 156 valence electrons. The molecule has 3 rings (SSSR count). The second kappa shape index (κ2) is 10.1. The van der Waals surface area contributed by atoms with Crippen LogP contribution in [0.2, 0.25) is 0 Å². The number of benzene rings is 2. The molecular formula is C20H20N4O4S2. The molecule has 2 aromatic carbocycles. The molecule has 0 unspecified atom stereocenters. The molecule has 0 aliphatic rings. The summed E-state index contributed by atoms with van der Waals surface area (Å²) in [4.78, 5) is 25.5. The van der Waals surface area contributed by atoms with Crippen molar-refractivity contribution in [3.8, 4) is 11.5 Å². The van der Waals surface area contributed by atoms with Crippen LogP contribution in [-0.4, -0.2) is 42.0 Å². The first-order valence-electron chi connectivity index (χ1n) is 8.84. The van der Waals surface area contributed by atoms with Crippen LogP contribution in [0.25, 0.3) is 0 Å². The second-order valence-electron chi connectivity index (χ2n) is 6.01. The molecule has 0 saturated heterocycles. The lowest BCUT2D eigenvalue weighted by molar-refractivity contribution is -0.113. The van der Waals surface area contributed by atoms with Crippen molar-refractivity contribution in [2.45, 2.75) is 11.8 Å². The number of nitrogens with one attached hydrogen (secondary N) is 2. The van der Waals surface area contributed by atoms with Gasteiger partial charge in [-0.15, -0.1) is 22.0 Å². The van der Waals surface area contributed by atoms with Gasteiger partial charge in [-0.2, -0.15) is 0 Å². The molecule has 2 amide bonds. The number of thioether (sulfide) groups is 1. The third-order valence-corrected chi connectivity index (χ3v) is 5.63. The number of anilines is 2. The zero-order chi connectivity index (χ0) is 21.5. The Balaban J connectivity index is 1.59. The topological polar surface area (TPSA) is 102 Å². The summed E-state index contributed by atoms with van der Waals surface area (Å²) in [6.45, 7) is 1.82. The first-order valence-corrected chi connectivity index (χ1v) is 10.6. The Morgan fingerprint density at radius 2 is 1.83 bits per heavy atom. The summed E-state index contributed by atoms with van der Waals surface area (Å²) < 4.78 is 10.4. The third kappa shape index (κ3) is 5.71. The Hall–Kier alpha value is -3.11. The Labute approximate surface area is 182 Å². The van der Waals surface area contributed by atoms with Crippen LogP contribution in [0.1, 0.15) is 15.4 Å². The van der Waals surface area contributed by atoms with E-state index in [9.17, 15) is 9.59 Å². The normalized spacial score (nSPS) is 10.4. The van der Waals surface area contributed by atoms with Crippen LogP contribution in [0.5, 0.6) is 11.5 Å².